The zero-order valence-corrected chi connectivity index (χ0v) is 18.1. The molecule has 4 heterocycles. The summed E-state index contributed by atoms with van der Waals surface area (Å²) in [5, 5.41) is 5.00. The number of nitrogens with zero attached hydrogens (tertiary/aromatic N) is 4. The number of fused-ring (bicyclic) bond motifs is 1. The molecule has 0 N–H and O–H groups in total. The SMILES string of the molecule is O=C(c1cc(COc2ccc3ncccc3c2)on1)N(Cc1ccncc1)CC1CCCO1. The van der Waals surface area contributed by atoms with Crippen LogP contribution in [0.15, 0.2) is 71.6 Å². The van der Waals surface area contributed by atoms with Crippen molar-refractivity contribution in [1.29, 1.82) is 0 Å². The van der Waals surface area contributed by atoms with Crippen LogP contribution in [0.3, 0.4) is 0 Å². The second-order valence-electron chi connectivity index (χ2n) is 8.00. The summed E-state index contributed by atoms with van der Waals surface area (Å²) in [6, 6.07) is 15.0. The van der Waals surface area contributed by atoms with Gasteiger partial charge in [0.05, 0.1) is 11.6 Å². The molecule has 1 saturated heterocycles. The largest absolute Gasteiger partial charge is 0.486 e. The number of amides is 1. The molecule has 8 nitrogen and oxygen atoms in total. The lowest BCUT2D eigenvalue weighted by Gasteiger charge is -2.24. The topological polar surface area (TPSA) is 90.6 Å². The zero-order chi connectivity index (χ0) is 22.5. The number of ether oxygens (including phenoxy) is 2. The Bertz CT molecular complexity index is 1220. The van der Waals surface area contributed by atoms with Crippen LogP contribution in [0.5, 0.6) is 5.75 Å². The fraction of sp³-hybridized carbons (Fsp3) is 0.280. The van der Waals surface area contributed by atoms with Gasteiger partial charge in [0.1, 0.15) is 12.4 Å². The van der Waals surface area contributed by atoms with Gasteiger partial charge in [-0.1, -0.05) is 11.2 Å². The molecule has 1 atom stereocenters. The summed E-state index contributed by atoms with van der Waals surface area (Å²) in [5.74, 6) is 0.970. The molecular formula is C25H24N4O4. The van der Waals surface area contributed by atoms with Gasteiger partial charge in [0, 0.05) is 49.7 Å². The number of carbonyl (C=O) groups excluding carboxylic acids is 1. The molecule has 4 aromatic rings. The highest BCUT2D eigenvalue weighted by atomic mass is 16.5. The van der Waals surface area contributed by atoms with Crippen molar-refractivity contribution >= 4 is 16.8 Å². The average molecular weight is 444 g/mol. The van der Waals surface area contributed by atoms with E-state index in [2.05, 4.69) is 15.1 Å². The van der Waals surface area contributed by atoms with Crippen LogP contribution in [0, 0.1) is 0 Å². The Morgan fingerprint density at radius 2 is 2.03 bits per heavy atom. The van der Waals surface area contributed by atoms with E-state index in [0.717, 1.165) is 35.9 Å². The number of pyridine rings is 2. The Morgan fingerprint density at radius 1 is 1.12 bits per heavy atom. The normalized spacial score (nSPS) is 15.6. The fourth-order valence-electron chi connectivity index (χ4n) is 3.90. The Hall–Kier alpha value is -3.78. The number of benzene rings is 1. The van der Waals surface area contributed by atoms with E-state index in [1.165, 1.54) is 0 Å². The first kappa shape index (κ1) is 21.1. The molecule has 1 aliphatic rings. The highest BCUT2D eigenvalue weighted by Crippen LogP contribution is 2.21. The van der Waals surface area contributed by atoms with Crippen molar-refractivity contribution in [3.05, 3.63) is 84.1 Å². The van der Waals surface area contributed by atoms with E-state index in [0.29, 0.717) is 24.6 Å². The van der Waals surface area contributed by atoms with Gasteiger partial charge >= 0.3 is 0 Å². The monoisotopic (exact) mass is 444 g/mol. The molecule has 1 unspecified atom stereocenters. The second-order valence-corrected chi connectivity index (χ2v) is 8.00. The van der Waals surface area contributed by atoms with E-state index in [9.17, 15) is 4.79 Å². The lowest BCUT2D eigenvalue weighted by atomic mass is 10.2. The van der Waals surface area contributed by atoms with E-state index in [-0.39, 0.29) is 24.3 Å². The molecular weight excluding hydrogens is 420 g/mol. The highest BCUT2D eigenvalue weighted by Gasteiger charge is 2.26. The summed E-state index contributed by atoms with van der Waals surface area (Å²) in [6.07, 6.45) is 7.19. The average Bonchev–Trinajstić information content (AvgIpc) is 3.55. The van der Waals surface area contributed by atoms with Crippen LogP contribution in [0.4, 0.5) is 0 Å². The van der Waals surface area contributed by atoms with Crippen LogP contribution in [-0.4, -0.2) is 45.2 Å². The van der Waals surface area contributed by atoms with Gasteiger partial charge in [-0.3, -0.25) is 14.8 Å². The molecule has 0 radical (unpaired) electrons. The second kappa shape index (κ2) is 9.79. The summed E-state index contributed by atoms with van der Waals surface area (Å²) in [7, 11) is 0. The Labute approximate surface area is 191 Å². The Balaban J connectivity index is 1.26. The third kappa shape index (κ3) is 5.18. The number of hydrogen-bond donors (Lipinski definition) is 0. The van der Waals surface area contributed by atoms with Crippen molar-refractivity contribution in [3.63, 3.8) is 0 Å². The smallest absolute Gasteiger partial charge is 0.276 e. The van der Waals surface area contributed by atoms with Crippen molar-refractivity contribution < 1.29 is 18.8 Å². The summed E-state index contributed by atoms with van der Waals surface area (Å²) in [4.78, 5) is 23.4. The van der Waals surface area contributed by atoms with Crippen LogP contribution in [-0.2, 0) is 17.9 Å². The Morgan fingerprint density at radius 3 is 2.88 bits per heavy atom. The first-order valence-electron chi connectivity index (χ1n) is 11.0. The number of hydrogen-bond acceptors (Lipinski definition) is 7. The van der Waals surface area contributed by atoms with E-state index in [1.54, 1.807) is 29.6 Å². The number of rotatable bonds is 8. The molecule has 0 spiro atoms. The predicted octanol–water partition coefficient (Wildman–Crippen LogP) is 4.02. The third-order valence-corrected chi connectivity index (χ3v) is 5.59. The van der Waals surface area contributed by atoms with Crippen LogP contribution < -0.4 is 4.74 Å². The molecule has 0 bridgehead atoms. The molecule has 3 aromatic heterocycles. The van der Waals surface area contributed by atoms with Crippen LogP contribution in [0.2, 0.25) is 0 Å². The molecule has 1 amide bonds. The number of carbonyl (C=O) groups is 1. The minimum atomic E-state index is -0.200. The van der Waals surface area contributed by atoms with E-state index < -0.39 is 0 Å². The quantitative estimate of drug-likeness (QED) is 0.405. The van der Waals surface area contributed by atoms with Gasteiger partial charge in [-0.15, -0.1) is 0 Å². The first-order chi connectivity index (χ1) is 16.2. The standard InChI is InChI=1S/C25H24N4O4/c30-25(29(16-21-4-2-12-31-21)15-18-7-10-26-11-8-18)24-14-22(33-28-24)17-32-20-5-6-23-19(13-20)3-1-9-27-23/h1,3,5-11,13-14,21H,2,4,12,15-17H2. The van der Waals surface area contributed by atoms with Gasteiger partial charge in [0.15, 0.2) is 11.5 Å². The lowest BCUT2D eigenvalue weighted by molar-refractivity contribution is 0.0499. The number of aromatic nitrogens is 3. The molecule has 0 aliphatic carbocycles. The molecule has 1 fully saturated rings. The van der Waals surface area contributed by atoms with Crippen molar-refractivity contribution in [1.82, 2.24) is 20.0 Å². The van der Waals surface area contributed by atoms with Gasteiger partial charge < -0.3 is 18.9 Å². The molecule has 1 aromatic carbocycles. The summed E-state index contributed by atoms with van der Waals surface area (Å²) < 4.78 is 17.0. The van der Waals surface area contributed by atoms with Gasteiger partial charge in [0.25, 0.3) is 5.91 Å². The maximum atomic E-state index is 13.3. The van der Waals surface area contributed by atoms with E-state index >= 15 is 0 Å². The molecule has 5 rings (SSSR count). The minimum Gasteiger partial charge on any atom is -0.486 e. The minimum absolute atomic E-state index is 0.0351. The van der Waals surface area contributed by atoms with E-state index in [1.807, 2.05) is 42.5 Å². The van der Waals surface area contributed by atoms with Crippen LogP contribution in [0.1, 0.15) is 34.7 Å². The first-order valence-corrected chi connectivity index (χ1v) is 11.0. The molecule has 1 aliphatic heterocycles. The van der Waals surface area contributed by atoms with E-state index in [4.69, 9.17) is 14.0 Å². The summed E-state index contributed by atoms with van der Waals surface area (Å²) >= 11 is 0. The van der Waals surface area contributed by atoms with Gasteiger partial charge in [-0.25, -0.2) is 0 Å². The van der Waals surface area contributed by atoms with Gasteiger partial charge in [0.2, 0.25) is 0 Å². The summed E-state index contributed by atoms with van der Waals surface area (Å²) in [5.41, 5.74) is 2.15. The van der Waals surface area contributed by atoms with Crippen molar-refractivity contribution in [2.45, 2.75) is 32.1 Å². The lowest BCUT2D eigenvalue weighted by Crippen LogP contribution is -2.37. The fourth-order valence-corrected chi connectivity index (χ4v) is 3.90. The van der Waals surface area contributed by atoms with Gasteiger partial charge in [-0.05, 0) is 54.8 Å². The van der Waals surface area contributed by atoms with Crippen molar-refractivity contribution in [2.75, 3.05) is 13.2 Å². The maximum Gasteiger partial charge on any atom is 0.276 e. The van der Waals surface area contributed by atoms with Gasteiger partial charge in [-0.2, -0.15) is 0 Å². The van der Waals surface area contributed by atoms with Crippen LogP contribution in [0.25, 0.3) is 10.9 Å². The maximum absolute atomic E-state index is 13.3. The van der Waals surface area contributed by atoms with Crippen LogP contribution >= 0.6 is 0 Å². The zero-order valence-electron chi connectivity index (χ0n) is 18.1. The predicted molar refractivity (Wildman–Crippen MR) is 121 cm³/mol. The van der Waals surface area contributed by atoms with Crippen molar-refractivity contribution in [2.24, 2.45) is 0 Å². The van der Waals surface area contributed by atoms with Crippen molar-refractivity contribution in [3.8, 4) is 5.75 Å². The summed E-state index contributed by atoms with van der Waals surface area (Å²) in [6.45, 7) is 1.86. The Kier molecular flexibility index (Phi) is 6.25. The molecule has 0 saturated carbocycles. The third-order valence-electron chi connectivity index (χ3n) is 5.59. The molecule has 168 valence electrons. The molecule has 33 heavy (non-hydrogen) atoms. The highest BCUT2D eigenvalue weighted by molar-refractivity contribution is 5.92. The molecule has 8 heteroatoms.